The van der Waals surface area contributed by atoms with Gasteiger partial charge >= 0.3 is 0 Å². The van der Waals surface area contributed by atoms with Crippen molar-refractivity contribution in [1.82, 2.24) is 4.90 Å². The molecule has 0 aliphatic heterocycles. The minimum Gasteiger partial charge on any atom is -0.348 e. The molecule has 82 valence electrons. The SMILES string of the molecule is Cc1ccc(SCC(=O)N(C)C)c(C)c1. The quantitative estimate of drug-likeness (QED) is 0.734. The van der Waals surface area contributed by atoms with Crippen LogP contribution in [0.2, 0.25) is 0 Å². The van der Waals surface area contributed by atoms with E-state index in [9.17, 15) is 4.79 Å². The molecule has 0 bridgehead atoms. The molecule has 1 aromatic rings. The van der Waals surface area contributed by atoms with Gasteiger partial charge in [0.05, 0.1) is 5.75 Å². The zero-order chi connectivity index (χ0) is 11.4. The molecule has 1 rings (SSSR count). The van der Waals surface area contributed by atoms with Crippen LogP contribution in [0.15, 0.2) is 23.1 Å². The maximum Gasteiger partial charge on any atom is 0.232 e. The van der Waals surface area contributed by atoms with Crippen molar-refractivity contribution in [3.8, 4) is 0 Å². The van der Waals surface area contributed by atoms with E-state index in [-0.39, 0.29) is 5.91 Å². The molecular formula is C12H17NOS. The van der Waals surface area contributed by atoms with E-state index in [0.717, 1.165) is 0 Å². The van der Waals surface area contributed by atoms with Gasteiger partial charge in [-0.25, -0.2) is 0 Å². The molecule has 1 amide bonds. The van der Waals surface area contributed by atoms with Gasteiger partial charge in [-0.15, -0.1) is 11.8 Å². The Balaban J connectivity index is 2.62. The summed E-state index contributed by atoms with van der Waals surface area (Å²) in [6, 6.07) is 6.30. The van der Waals surface area contributed by atoms with Gasteiger partial charge in [0.15, 0.2) is 0 Å². The van der Waals surface area contributed by atoms with Crippen molar-refractivity contribution in [2.45, 2.75) is 18.7 Å². The van der Waals surface area contributed by atoms with E-state index < -0.39 is 0 Å². The molecule has 1 aromatic carbocycles. The van der Waals surface area contributed by atoms with Gasteiger partial charge in [-0.1, -0.05) is 17.7 Å². The zero-order valence-corrected chi connectivity index (χ0v) is 10.5. The Labute approximate surface area is 95.7 Å². The normalized spacial score (nSPS) is 10.1. The van der Waals surface area contributed by atoms with Crippen LogP contribution in [0, 0.1) is 13.8 Å². The molecule has 15 heavy (non-hydrogen) atoms. The Morgan fingerprint density at radius 1 is 1.33 bits per heavy atom. The first-order valence-corrected chi connectivity index (χ1v) is 5.89. The van der Waals surface area contributed by atoms with Gasteiger partial charge in [0.25, 0.3) is 0 Å². The highest BCUT2D eigenvalue weighted by Crippen LogP contribution is 2.23. The monoisotopic (exact) mass is 223 g/mol. The fourth-order valence-corrected chi connectivity index (χ4v) is 2.22. The smallest absolute Gasteiger partial charge is 0.232 e. The molecule has 0 saturated heterocycles. The molecule has 0 N–H and O–H groups in total. The number of aryl methyl sites for hydroxylation is 2. The summed E-state index contributed by atoms with van der Waals surface area (Å²) in [5.74, 6) is 0.664. The van der Waals surface area contributed by atoms with Crippen molar-refractivity contribution < 1.29 is 4.79 Å². The van der Waals surface area contributed by atoms with Crippen molar-refractivity contribution in [3.05, 3.63) is 29.3 Å². The van der Waals surface area contributed by atoms with Crippen LogP contribution in [0.3, 0.4) is 0 Å². The predicted molar refractivity (Wildman–Crippen MR) is 65.3 cm³/mol. The summed E-state index contributed by atoms with van der Waals surface area (Å²) in [5, 5.41) is 0. The fourth-order valence-electron chi connectivity index (χ4n) is 1.23. The van der Waals surface area contributed by atoms with E-state index in [1.165, 1.54) is 16.0 Å². The van der Waals surface area contributed by atoms with Crippen LogP contribution in [-0.2, 0) is 4.79 Å². The topological polar surface area (TPSA) is 20.3 Å². The number of hydrogen-bond acceptors (Lipinski definition) is 2. The van der Waals surface area contributed by atoms with Crippen molar-refractivity contribution in [2.24, 2.45) is 0 Å². The molecule has 0 saturated carbocycles. The van der Waals surface area contributed by atoms with Crippen molar-refractivity contribution in [3.63, 3.8) is 0 Å². The Hall–Kier alpha value is -0.960. The van der Waals surface area contributed by atoms with Crippen LogP contribution in [0.25, 0.3) is 0 Å². The van der Waals surface area contributed by atoms with Crippen LogP contribution in [0.5, 0.6) is 0 Å². The molecule has 0 aliphatic carbocycles. The second-order valence-corrected chi connectivity index (χ2v) is 4.86. The molecule has 0 aliphatic rings. The van der Waals surface area contributed by atoms with Crippen LogP contribution >= 0.6 is 11.8 Å². The average molecular weight is 223 g/mol. The van der Waals surface area contributed by atoms with E-state index in [1.807, 2.05) is 0 Å². The maximum absolute atomic E-state index is 11.4. The lowest BCUT2D eigenvalue weighted by molar-refractivity contribution is -0.125. The third-order valence-electron chi connectivity index (χ3n) is 2.18. The van der Waals surface area contributed by atoms with Gasteiger partial charge in [0.1, 0.15) is 0 Å². The van der Waals surface area contributed by atoms with Crippen LogP contribution in [0.1, 0.15) is 11.1 Å². The van der Waals surface area contributed by atoms with Crippen molar-refractivity contribution in [2.75, 3.05) is 19.8 Å². The Kier molecular flexibility index (Phi) is 4.21. The van der Waals surface area contributed by atoms with Gasteiger partial charge in [-0.2, -0.15) is 0 Å². The number of nitrogens with zero attached hydrogens (tertiary/aromatic N) is 1. The average Bonchev–Trinajstić information content (AvgIpc) is 2.15. The van der Waals surface area contributed by atoms with Crippen molar-refractivity contribution in [1.29, 1.82) is 0 Å². The van der Waals surface area contributed by atoms with E-state index >= 15 is 0 Å². The third kappa shape index (κ3) is 3.59. The summed E-state index contributed by atoms with van der Waals surface area (Å²) in [4.78, 5) is 14.2. The lowest BCUT2D eigenvalue weighted by Gasteiger charge is -2.10. The number of amides is 1. The summed E-state index contributed by atoms with van der Waals surface area (Å²) in [5.41, 5.74) is 2.50. The minimum atomic E-state index is 0.153. The maximum atomic E-state index is 11.4. The van der Waals surface area contributed by atoms with Gasteiger partial charge in [-0.05, 0) is 25.5 Å². The number of thioether (sulfide) groups is 1. The van der Waals surface area contributed by atoms with Crippen LogP contribution in [0.4, 0.5) is 0 Å². The number of carbonyl (C=O) groups is 1. The zero-order valence-electron chi connectivity index (χ0n) is 9.70. The number of benzene rings is 1. The predicted octanol–water partition coefficient (Wildman–Crippen LogP) is 2.48. The summed E-state index contributed by atoms with van der Waals surface area (Å²) in [6.45, 7) is 4.15. The van der Waals surface area contributed by atoms with Crippen LogP contribution in [-0.4, -0.2) is 30.7 Å². The lowest BCUT2D eigenvalue weighted by Crippen LogP contribution is -2.23. The second-order valence-electron chi connectivity index (χ2n) is 3.85. The molecular weight excluding hydrogens is 206 g/mol. The molecule has 3 heteroatoms. The second kappa shape index (κ2) is 5.21. The van der Waals surface area contributed by atoms with E-state index in [2.05, 4.69) is 32.0 Å². The van der Waals surface area contributed by atoms with Gasteiger partial charge in [0, 0.05) is 19.0 Å². The summed E-state index contributed by atoms with van der Waals surface area (Å²) < 4.78 is 0. The van der Waals surface area contributed by atoms with Gasteiger partial charge in [0.2, 0.25) is 5.91 Å². The third-order valence-corrected chi connectivity index (χ3v) is 3.34. The van der Waals surface area contributed by atoms with E-state index in [4.69, 9.17) is 0 Å². The highest BCUT2D eigenvalue weighted by Gasteiger charge is 2.06. The fraction of sp³-hybridized carbons (Fsp3) is 0.417. The Bertz CT molecular complexity index is 361. The summed E-state index contributed by atoms with van der Waals surface area (Å²) >= 11 is 1.60. The largest absolute Gasteiger partial charge is 0.348 e. The van der Waals surface area contributed by atoms with Crippen molar-refractivity contribution >= 4 is 17.7 Å². The molecule has 0 unspecified atom stereocenters. The highest BCUT2D eigenvalue weighted by atomic mass is 32.2. The number of hydrogen-bond donors (Lipinski definition) is 0. The first kappa shape index (κ1) is 12.1. The van der Waals surface area contributed by atoms with E-state index in [0.29, 0.717) is 5.75 Å². The standard InChI is InChI=1S/C12H17NOS/c1-9-5-6-11(10(2)7-9)15-8-12(14)13(3)4/h5-7H,8H2,1-4H3. The molecule has 0 spiro atoms. The number of carbonyl (C=O) groups excluding carboxylic acids is 1. The summed E-state index contributed by atoms with van der Waals surface area (Å²) in [7, 11) is 3.57. The van der Waals surface area contributed by atoms with Gasteiger partial charge < -0.3 is 4.90 Å². The molecule has 2 nitrogen and oxygen atoms in total. The molecule has 0 heterocycles. The first-order valence-electron chi connectivity index (χ1n) is 4.91. The molecule has 0 atom stereocenters. The molecule has 0 radical (unpaired) electrons. The van der Waals surface area contributed by atoms with Crippen LogP contribution < -0.4 is 0 Å². The van der Waals surface area contributed by atoms with Gasteiger partial charge in [-0.3, -0.25) is 4.79 Å². The highest BCUT2D eigenvalue weighted by molar-refractivity contribution is 8.00. The first-order chi connectivity index (χ1) is 7.00. The minimum absolute atomic E-state index is 0.153. The summed E-state index contributed by atoms with van der Waals surface area (Å²) in [6.07, 6.45) is 0. The molecule has 0 fully saturated rings. The Morgan fingerprint density at radius 2 is 2.00 bits per heavy atom. The number of rotatable bonds is 3. The molecule has 0 aromatic heterocycles. The van der Waals surface area contributed by atoms with E-state index in [1.54, 1.807) is 30.8 Å². The Morgan fingerprint density at radius 3 is 2.53 bits per heavy atom. The lowest BCUT2D eigenvalue weighted by atomic mass is 10.2.